The van der Waals surface area contributed by atoms with Crippen molar-refractivity contribution in [3.8, 4) is 5.75 Å². The number of nitrogens with one attached hydrogen (secondary N) is 5. The standard InChI is InChI=1S/C15H21N5OS/c1-21-13-4-2-12(3-5-13)16-14(22)17-15-6-18-9-19(7-15)11-20(8-15)10-18/h2-5H,6-11H2,1H3,(H2,16,17,22)/p+3. The van der Waals surface area contributed by atoms with Gasteiger partial charge in [0.15, 0.2) is 10.7 Å². The summed E-state index contributed by atoms with van der Waals surface area (Å²) < 4.78 is 5.18. The van der Waals surface area contributed by atoms with Gasteiger partial charge < -0.3 is 15.4 Å². The van der Waals surface area contributed by atoms with Crippen LogP contribution in [0.3, 0.4) is 0 Å². The molecule has 1 aromatic rings. The first-order valence-corrected chi connectivity index (χ1v) is 8.29. The zero-order valence-electron chi connectivity index (χ0n) is 12.9. The number of thiocarbonyl (C=S) groups is 1. The summed E-state index contributed by atoms with van der Waals surface area (Å²) in [5.41, 5.74) is 1.15. The Morgan fingerprint density at radius 3 is 2.09 bits per heavy atom. The summed E-state index contributed by atoms with van der Waals surface area (Å²) in [5.74, 6) is 0.856. The van der Waals surface area contributed by atoms with Crippen LogP contribution < -0.4 is 30.1 Å². The van der Waals surface area contributed by atoms with E-state index in [2.05, 4.69) is 10.6 Å². The SMILES string of the molecule is COc1ccc(NC(=S)NC23C[NH+]4C[NH+](C[NH+](C4)C2)C3)cc1. The highest BCUT2D eigenvalue weighted by molar-refractivity contribution is 7.80. The average Bonchev–Trinajstić information content (AvgIpc) is 2.45. The topological polar surface area (TPSA) is 46.6 Å². The van der Waals surface area contributed by atoms with Gasteiger partial charge in [-0.2, -0.15) is 0 Å². The van der Waals surface area contributed by atoms with Crippen LogP contribution in [0.5, 0.6) is 5.75 Å². The highest BCUT2D eigenvalue weighted by Crippen LogP contribution is 2.15. The third-order valence-corrected chi connectivity index (χ3v) is 5.20. The molecule has 4 bridgehead atoms. The van der Waals surface area contributed by atoms with E-state index in [1.807, 2.05) is 24.3 Å². The van der Waals surface area contributed by atoms with Gasteiger partial charge in [-0.05, 0) is 36.5 Å². The van der Waals surface area contributed by atoms with Gasteiger partial charge in [-0.3, -0.25) is 0 Å². The normalized spacial score (nSPS) is 35.2. The molecule has 4 fully saturated rings. The van der Waals surface area contributed by atoms with Crippen molar-refractivity contribution in [3.05, 3.63) is 24.3 Å². The van der Waals surface area contributed by atoms with Crippen LogP contribution in [0, 0.1) is 0 Å². The number of methoxy groups -OCH3 is 1. The first-order valence-electron chi connectivity index (χ1n) is 7.88. The summed E-state index contributed by atoms with van der Waals surface area (Å²) in [6.45, 7) is 7.36. The molecule has 118 valence electrons. The van der Waals surface area contributed by atoms with Crippen LogP contribution in [0.2, 0.25) is 0 Å². The zero-order chi connectivity index (χ0) is 15.2. The average molecular weight is 322 g/mol. The van der Waals surface area contributed by atoms with E-state index in [0.29, 0.717) is 0 Å². The van der Waals surface area contributed by atoms with Crippen LogP contribution in [-0.4, -0.2) is 57.4 Å². The Balaban J connectivity index is 1.41. The highest BCUT2D eigenvalue weighted by Gasteiger charge is 2.57. The molecule has 4 saturated heterocycles. The fourth-order valence-electron chi connectivity index (χ4n) is 4.46. The molecule has 0 unspecified atom stereocenters. The number of benzene rings is 1. The van der Waals surface area contributed by atoms with E-state index in [-0.39, 0.29) is 5.54 Å². The lowest BCUT2D eigenvalue weighted by atomic mass is 9.91. The molecule has 0 saturated carbocycles. The van der Waals surface area contributed by atoms with E-state index in [1.54, 1.807) is 21.8 Å². The van der Waals surface area contributed by atoms with Crippen molar-refractivity contribution in [2.24, 2.45) is 0 Å². The van der Waals surface area contributed by atoms with E-state index in [1.165, 1.54) is 39.6 Å². The molecule has 0 spiro atoms. The second-order valence-corrected chi connectivity index (χ2v) is 7.31. The fourth-order valence-corrected chi connectivity index (χ4v) is 4.79. The molecular weight excluding hydrogens is 298 g/mol. The number of quaternary nitrogens is 3. The third kappa shape index (κ3) is 2.65. The van der Waals surface area contributed by atoms with Crippen molar-refractivity contribution in [2.45, 2.75) is 5.54 Å². The molecule has 0 amide bonds. The minimum atomic E-state index is 0.158. The molecule has 0 radical (unpaired) electrons. The maximum absolute atomic E-state index is 5.55. The second kappa shape index (κ2) is 5.34. The molecule has 0 aromatic heterocycles. The molecule has 4 heterocycles. The molecule has 0 aliphatic carbocycles. The van der Waals surface area contributed by atoms with E-state index >= 15 is 0 Å². The van der Waals surface area contributed by atoms with Crippen LogP contribution in [0.15, 0.2) is 24.3 Å². The monoisotopic (exact) mass is 322 g/mol. The Labute approximate surface area is 136 Å². The maximum atomic E-state index is 5.55. The van der Waals surface area contributed by atoms with Gasteiger partial charge in [0.1, 0.15) is 25.4 Å². The second-order valence-electron chi connectivity index (χ2n) is 6.90. The van der Waals surface area contributed by atoms with E-state index < -0.39 is 0 Å². The molecule has 0 atom stereocenters. The van der Waals surface area contributed by atoms with Gasteiger partial charge in [0.25, 0.3) is 0 Å². The number of rotatable bonds is 3. The van der Waals surface area contributed by atoms with Crippen LogP contribution in [0.1, 0.15) is 0 Å². The van der Waals surface area contributed by atoms with Crippen molar-refractivity contribution < 1.29 is 19.4 Å². The molecule has 4 aliphatic heterocycles. The maximum Gasteiger partial charge on any atom is 0.213 e. The summed E-state index contributed by atoms with van der Waals surface area (Å²) in [6, 6.07) is 7.87. The molecule has 1 aromatic carbocycles. The van der Waals surface area contributed by atoms with Gasteiger partial charge in [0.2, 0.25) is 20.0 Å². The molecule has 5 rings (SSSR count). The number of hydrogen-bond acceptors (Lipinski definition) is 2. The predicted octanol–water partition coefficient (Wildman–Crippen LogP) is -3.71. The van der Waals surface area contributed by atoms with Crippen molar-refractivity contribution in [1.29, 1.82) is 0 Å². The van der Waals surface area contributed by atoms with E-state index in [4.69, 9.17) is 17.0 Å². The Bertz CT molecular complexity index is 541. The summed E-state index contributed by atoms with van der Waals surface area (Å²) in [6.07, 6.45) is 0. The van der Waals surface area contributed by atoms with Gasteiger partial charge >= 0.3 is 0 Å². The summed E-state index contributed by atoms with van der Waals surface area (Å²) in [5, 5.41) is 7.66. The van der Waals surface area contributed by atoms with Gasteiger partial charge in [0.05, 0.1) is 7.11 Å². The quantitative estimate of drug-likeness (QED) is 0.372. The Kier molecular flexibility index (Phi) is 3.45. The highest BCUT2D eigenvalue weighted by atomic mass is 32.1. The minimum Gasteiger partial charge on any atom is -0.497 e. The van der Waals surface area contributed by atoms with Crippen LogP contribution in [-0.2, 0) is 0 Å². The lowest BCUT2D eigenvalue weighted by Gasteiger charge is -2.52. The largest absolute Gasteiger partial charge is 0.497 e. The van der Waals surface area contributed by atoms with Gasteiger partial charge in [-0.1, -0.05) is 0 Å². The number of ether oxygens (including phenoxy) is 1. The zero-order valence-corrected chi connectivity index (χ0v) is 13.7. The number of anilines is 1. The smallest absolute Gasteiger partial charge is 0.213 e. The van der Waals surface area contributed by atoms with Crippen molar-refractivity contribution >= 4 is 23.0 Å². The minimum absolute atomic E-state index is 0.158. The Morgan fingerprint density at radius 1 is 1.05 bits per heavy atom. The molecule has 4 aliphatic rings. The van der Waals surface area contributed by atoms with E-state index in [0.717, 1.165) is 16.5 Å². The van der Waals surface area contributed by atoms with Crippen LogP contribution >= 0.6 is 12.2 Å². The fraction of sp³-hybridized carbons (Fsp3) is 0.533. The summed E-state index contributed by atoms with van der Waals surface area (Å²) in [4.78, 5) is 5.11. The summed E-state index contributed by atoms with van der Waals surface area (Å²) >= 11 is 5.55. The lowest BCUT2D eigenvalue weighted by Crippen LogP contribution is -3.56. The molecular formula is C15H24N5OS+3. The van der Waals surface area contributed by atoms with Gasteiger partial charge in [-0.15, -0.1) is 0 Å². The molecule has 6 nitrogen and oxygen atoms in total. The molecule has 22 heavy (non-hydrogen) atoms. The first-order chi connectivity index (χ1) is 10.6. The Hall–Kier alpha value is -1.41. The van der Waals surface area contributed by atoms with Gasteiger partial charge in [0, 0.05) is 5.69 Å². The Morgan fingerprint density at radius 2 is 1.59 bits per heavy atom. The predicted molar refractivity (Wildman–Crippen MR) is 87.2 cm³/mol. The lowest BCUT2D eigenvalue weighted by molar-refractivity contribution is -1.29. The van der Waals surface area contributed by atoms with Crippen LogP contribution in [0.4, 0.5) is 5.69 Å². The summed E-state index contributed by atoms with van der Waals surface area (Å²) in [7, 11) is 1.68. The molecule has 7 heteroatoms. The molecule has 5 N–H and O–H groups in total. The van der Waals surface area contributed by atoms with Crippen LogP contribution in [0.25, 0.3) is 0 Å². The number of hydrogen-bond donors (Lipinski definition) is 5. The van der Waals surface area contributed by atoms with Crippen molar-refractivity contribution in [1.82, 2.24) is 5.32 Å². The van der Waals surface area contributed by atoms with Crippen molar-refractivity contribution in [3.63, 3.8) is 0 Å². The third-order valence-electron chi connectivity index (χ3n) is 4.99. The van der Waals surface area contributed by atoms with Gasteiger partial charge in [-0.25, -0.2) is 14.7 Å². The van der Waals surface area contributed by atoms with E-state index in [9.17, 15) is 0 Å². The van der Waals surface area contributed by atoms with Crippen molar-refractivity contribution in [2.75, 3.05) is 52.1 Å². The first kappa shape index (κ1) is 14.2.